The van der Waals surface area contributed by atoms with Crippen LogP contribution in [0.15, 0.2) is 76.8 Å². The maximum absolute atomic E-state index is 13.2. The lowest BCUT2D eigenvalue weighted by Gasteiger charge is -2.19. The van der Waals surface area contributed by atoms with Crippen molar-refractivity contribution in [1.29, 1.82) is 0 Å². The second-order valence-corrected chi connectivity index (χ2v) is 8.30. The summed E-state index contributed by atoms with van der Waals surface area (Å²) in [6.07, 6.45) is -1.15. The highest BCUT2D eigenvalue weighted by atomic mass is 32.1. The number of aromatic nitrogens is 1. The van der Waals surface area contributed by atoms with E-state index in [0.717, 1.165) is 10.6 Å². The molecule has 1 amide bonds. The van der Waals surface area contributed by atoms with Gasteiger partial charge in [0, 0.05) is 21.9 Å². The van der Waals surface area contributed by atoms with Crippen molar-refractivity contribution in [2.24, 2.45) is 0 Å². The van der Waals surface area contributed by atoms with Crippen LogP contribution in [0, 0.1) is 0 Å². The Balaban J connectivity index is 1.56. The van der Waals surface area contributed by atoms with Gasteiger partial charge in [-0.25, -0.2) is 9.78 Å². The summed E-state index contributed by atoms with van der Waals surface area (Å²) in [5.74, 6) is -0.601. The molecular weight excluding hydrogens is 444 g/mol. The zero-order valence-electron chi connectivity index (χ0n) is 17.2. The fraction of sp³-hybridized carbons (Fsp3) is 0.125. The SMILES string of the molecule is CCOc1ccccc1NC(=O)C(OC(=O)c1csc(-c2ccsc2)n1)c1ccccc1. The Morgan fingerprint density at radius 1 is 1.03 bits per heavy atom. The van der Waals surface area contributed by atoms with Gasteiger partial charge in [0.05, 0.1) is 12.3 Å². The van der Waals surface area contributed by atoms with Crippen LogP contribution in [0.5, 0.6) is 5.75 Å². The molecule has 0 saturated heterocycles. The number of para-hydroxylation sites is 2. The fourth-order valence-corrected chi connectivity index (χ4v) is 4.51. The van der Waals surface area contributed by atoms with E-state index in [1.54, 1.807) is 59.2 Å². The molecule has 6 nitrogen and oxygen atoms in total. The first-order chi connectivity index (χ1) is 15.7. The van der Waals surface area contributed by atoms with E-state index in [4.69, 9.17) is 9.47 Å². The molecule has 8 heteroatoms. The third-order valence-electron chi connectivity index (χ3n) is 4.49. The third kappa shape index (κ3) is 5.04. The zero-order valence-corrected chi connectivity index (χ0v) is 18.8. The van der Waals surface area contributed by atoms with Crippen molar-refractivity contribution in [2.75, 3.05) is 11.9 Å². The summed E-state index contributed by atoms with van der Waals surface area (Å²) in [4.78, 5) is 30.4. The third-order valence-corrected chi connectivity index (χ3v) is 6.07. The van der Waals surface area contributed by atoms with E-state index in [1.165, 1.54) is 11.3 Å². The molecule has 0 aliphatic carbocycles. The minimum absolute atomic E-state index is 0.166. The molecule has 1 unspecified atom stereocenters. The number of ether oxygens (including phenoxy) is 2. The van der Waals surface area contributed by atoms with Crippen LogP contribution in [0.1, 0.15) is 29.1 Å². The Hall–Kier alpha value is -3.49. The summed E-state index contributed by atoms with van der Waals surface area (Å²) in [6, 6.07) is 17.9. The average molecular weight is 465 g/mol. The van der Waals surface area contributed by atoms with Crippen molar-refractivity contribution >= 4 is 40.2 Å². The summed E-state index contributed by atoms with van der Waals surface area (Å²) in [5, 5.41) is 9.10. The van der Waals surface area contributed by atoms with E-state index in [9.17, 15) is 9.59 Å². The topological polar surface area (TPSA) is 77.5 Å². The van der Waals surface area contributed by atoms with E-state index in [-0.39, 0.29) is 5.69 Å². The van der Waals surface area contributed by atoms with Crippen molar-refractivity contribution in [3.63, 3.8) is 0 Å². The average Bonchev–Trinajstić information content (AvgIpc) is 3.51. The van der Waals surface area contributed by atoms with Crippen LogP contribution in [-0.4, -0.2) is 23.5 Å². The molecule has 0 spiro atoms. The van der Waals surface area contributed by atoms with Crippen LogP contribution in [0.3, 0.4) is 0 Å². The number of benzene rings is 2. The van der Waals surface area contributed by atoms with Crippen LogP contribution in [0.4, 0.5) is 5.69 Å². The molecule has 162 valence electrons. The van der Waals surface area contributed by atoms with E-state index >= 15 is 0 Å². The quantitative estimate of drug-likeness (QED) is 0.333. The Kier molecular flexibility index (Phi) is 6.94. The second kappa shape index (κ2) is 10.2. The number of amides is 1. The van der Waals surface area contributed by atoms with Crippen LogP contribution in [0.25, 0.3) is 10.6 Å². The fourth-order valence-electron chi connectivity index (χ4n) is 3.00. The van der Waals surface area contributed by atoms with Gasteiger partial charge in [-0.15, -0.1) is 11.3 Å². The number of hydrogen-bond acceptors (Lipinski definition) is 7. The molecule has 0 fully saturated rings. The van der Waals surface area contributed by atoms with Crippen LogP contribution < -0.4 is 10.1 Å². The number of carbonyl (C=O) groups is 2. The highest BCUT2D eigenvalue weighted by Gasteiger charge is 2.27. The minimum atomic E-state index is -1.15. The summed E-state index contributed by atoms with van der Waals surface area (Å²) < 4.78 is 11.2. The molecule has 2 heterocycles. The first-order valence-electron chi connectivity index (χ1n) is 9.92. The molecule has 1 N–H and O–H groups in total. The van der Waals surface area contributed by atoms with Crippen molar-refractivity contribution in [2.45, 2.75) is 13.0 Å². The highest BCUT2D eigenvalue weighted by molar-refractivity contribution is 7.14. The largest absolute Gasteiger partial charge is 0.492 e. The monoisotopic (exact) mass is 464 g/mol. The van der Waals surface area contributed by atoms with Crippen LogP contribution in [0.2, 0.25) is 0 Å². The number of esters is 1. The predicted molar refractivity (Wildman–Crippen MR) is 126 cm³/mol. The van der Waals surface area contributed by atoms with Crippen molar-refractivity contribution in [1.82, 2.24) is 4.98 Å². The molecule has 1 atom stereocenters. The normalized spacial score (nSPS) is 11.5. The van der Waals surface area contributed by atoms with Gasteiger partial charge < -0.3 is 14.8 Å². The molecule has 2 aromatic carbocycles. The van der Waals surface area contributed by atoms with E-state index in [2.05, 4.69) is 10.3 Å². The molecule has 0 aliphatic heterocycles. The molecule has 2 aromatic heterocycles. The van der Waals surface area contributed by atoms with Crippen LogP contribution >= 0.6 is 22.7 Å². The number of nitrogens with zero attached hydrogens (tertiary/aromatic N) is 1. The summed E-state index contributed by atoms with van der Waals surface area (Å²) in [5.41, 5.74) is 2.17. The molecular formula is C24H20N2O4S2. The first kappa shape index (κ1) is 21.7. The van der Waals surface area contributed by atoms with Crippen molar-refractivity contribution < 1.29 is 19.1 Å². The lowest BCUT2D eigenvalue weighted by Crippen LogP contribution is -2.26. The highest BCUT2D eigenvalue weighted by Crippen LogP contribution is 2.29. The van der Waals surface area contributed by atoms with E-state index in [0.29, 0.717) is 23.6 Å². The van der Waals surface area contributed by atoms with Gasteiger partial charge in [0.15, 0.2) is 5.69 Å². The minimum Gasteiger partial charge on any atom is -0.492 e. The van der Waals surface area contributed by atoms with Gasteiger partial charge in [0.1, 0.15) is 10.8 Å². The van der Waals surface area contributed by atoms with Gasteiger partial charge in [-0.3, -0.25) is 4.79 Å². The Labute approximate surface area is 193 Å². The Morgan fingerprint density at radius 2 is 1.81 bits per heavy atom. The smallest absolute Gasteiger partial charge is 0.358 e. The number of thiophene rings is 1. The maximum Gasteiger partial charge on any atom is 0.358 e. The van der Waals surface area contributed by atoms with Gasteiger partial charge in [0.25, 0.3) is 5.91 Å². The zero-order chi connectivity index (χ0) is 22.3. The number of anilines is 1. The molecule has 4 aromatic rings. The lowest BCUT2D eigenvalue weighted by atomic mass is 10.1. The molecule has 32 heavy (non-hydrogen) atoms. The predicted octanol–water partition coefficient (Wildman–Crippen LogP) is 5.81. The van der Waals surface area contributed by atoms with Crippen molar-refractivity contribution in [3.05, 3.63) is 88.1 Å². The number of nitrogens with one attached hydrogen (secondary N) is 1. The number of rotatable bonds is 8. The summed E-state index contributed by atoms with van der Waals surface area (Å²) in [7, 11) is 0. The molecule has 0 aliphatic rings. The van der Waals surface area contributed by atoms with Gasteiger partial charge in [-0.1, -0.05) is 42.5 Å². The Morgan fingerprint density at radius 3 is 2.56 bits per heavy atom. The molecule has 0 saturated carbocycles. The van der Waals surface area contributed by atoms with Gasteiger partial charge in [-0.2, -0.15) is 11.3 Å². The number of carbonyl (C=O) groups excluding carboxylic acids is 2. The first-order valence-corrected chi connectivity index (χ1v) is 11.7. The van der Waals surface area contributed by atoms with Crippen molar-refractivity contribution in [3.8, 4) is 16.3 Å². The molecule has 4 rings (SSSR count). The summed E-state index contributed by atoms with van der Waals surface area (Å²) in [6.45, 7) is 2.33. The van der Waals surface area contributed by atoms with Crippen LogP contribution in [-0.2, 0) is 9.53 Å². The van der Waals surface area contributed by atoms with Gasteiger partial charge in [0.2, 0.25) is 6.10 Å². The van der Waals surface area contributed by atoms with E-state index in [1.807, 2.05) is 35.9 Å². The molecule has 0 radical (unpaired) electrons. The maximum atomic E-state index is 13.2. The number of thiazole rings is 1. The summed E-state index contributed by atoms with van der Waals surface area (Å²) >= 11 is 2.91. The van der Waals surface area contributed by atoms with E-state index < -0.39 is 18.0 Å². The standard InChI is InChI=1S/C24H20N2O4S2/c1-2-29-20-11-7-6-10-18(20)25-22(27)21(16-8-4-3-5-9-16)30-24(28)19-15-32-23(26-19)17-12-13-31-14-17/h3-15,21H,2H2,1H3,(H,25,27). The Bertz CT molecular complexity index is 1190. The second-order valence-electron chi connectivity index (χ2n) is 6.66. The molecule has 0 bridgehead atoms. The van der Waals surface area contributed by atoms with Gasteiger partial charge in [-0.05, 0) is 30.5 Å². The van der Waals surface area contributed by atoms with Gasteiger partial charge >= 0.3 is 5.97 Å². The number of hydrogen-bond donors (Lipinski definition) is 1. The lowest BCUT2D eigenvalue weighted by molar-refractivity contribution is -0.125.